The van der Waals surface area contributed by atoms with Crippen molar-refractivity contribution >= 4 is 28.7 Å². The SMILES string of the molecule is Cc1ccc(-c2ccccc2C(=O)N[C@H]2CC[C@@H](n3c(=O)c4cc(F)cnc4n(C4CCSCC4)c3=O)CC2)cc1. The molecule has 2 aromatic heterocycles. The maximum absolute atomic E-state index is 14.2. The Morgan fingerprint density at radius 1 is 0.927 bits per heavy atom. The number of nitrogens with zero attached hydrogens (tertiary/aromatic N) is 3. The van der Waals surface area contributed by atoms with Gasteiger partial charge in [0.1, 0.15) is 11.5 Å². The minimum absolute atomic E-state index is 0.0692. The number of carbonyl (C=O) groups excluding carboxylic acids is 1. The first kappa shape index (κ1) is 27.4. The summed E-state index contributed by atoms with van der Waals surface area (Å²) in [6, 6.07) is 16.4. The van der Waals surface area contributed by atoms with Crippen LogP contribution >= 0.6 is 11.8 Å². The summed E-state index contributed by atoms with van der Waals surface area (Å²) >= 11 is 1.85. The first-order chi connectivity index (χ1) is 19.9. The second kappa shape index (κ2) is 11.6. The normalized spacial score (nSPS) is 19.8. The average molecular weight is 573 g/mol. The van der Waals surface area contributed by atoms with Crippen LogP contribution in [0.25, 0.3) is 22.2 Å². The van der Waals surface area contributed by atoms with Crippen molar-refractivity contribution in [2.24, 2.45) is 0 Å². The summed E-state index contributed by atoms with van der Waals surface area (Å²) < 4.78 is 17.2. The van der Waals surface area contributed by atoms with Crippen LogP contribution < -0.4 is 16.6 Å². The van der Waals surface area contributed by atoms with Crippen LogP contribution in [-0.4, -0.2) is 37.6 Å². The topological polar surface area (TPSA) is 86.0 Å². The smallest absolute Gasteiger partial charge is 0.333 e. The molecule has 0 radical (unpaired) electrons. The Morgan fingerprint density at radius 2 is 1.61 bits per heavy atom. The lowest BCUT2D eigenvalue weighted by Gasteiger charge is -2.31. The Balaban J connectivity index is 1.23. The number of aromatic nitrogens is 3. The molecule has 212 valence electrons. The highest BCUT2D eigenvalue weighted by Gasteiger charge is 2.30. The molecule has 0 spiro atoms. The summed E-state index contributed by atoms with van der Waals surface area (Å²) in [5.74, 6) is 1.13. The van der Waals surface area contributed by atoms with Gasteiger partial charge in [-0.25, -0.2) is 14.2 Å². The lowest BCUT2D eigenvalue weighted by atomic mass is 9.90. The molecule has 0 atom stereocenters. The number of hydrogen-bond donors (Lipinski definition) is 1. The largest absolute Gasteiger partial charge is 0.349 e. The van der Waals surface area contributed by atoms with Gasteiger partial charge in [-0.05, 0) is 80.2 Å². The van der Waals surface area contributed by atoms with Crippen LogP contribution in [-0.2, 0) is 0 Å². The zero-order valence-electron chi connectivity index (χ0n) is 23.0. The fraction of sp³-hybridized carbons (Fsp3) is 0.375. The molecule has 4 aromatic rings. The molecule has 0 unspecified atom stereocenters. The summed E-state index contributed by atoms with van der Waals surface area (Å²) in [4.78, 5) is 44.9. The van der Waals surface area contributed by atoms with Gasteiger partial charge < -0.3 is 5.32 Å². The molecule has 3 heterocycles. The number of nitrogens with one attached hydrogen (secondary N) is 1. The summed E-state index contributed by atoms with van der Waals surface area (Å²) in [5.41, 5.74) is 3.05. The average Bonchev–Trinajstić information content (AvgIpc) is 2.99. The predicted octanol–water partition coefficient (Wildman–Crippen LogP) is 5.65. The Morgan fingerprint density at radius 3 is 2.34 bits per heavy atom. The maximum atomic E-state index is 14.2. The summed E-state index contributed by atoms with van der Waals surface area (Å²) in [5, 5.41) is 3.33. The first-order valence-electron chi connectivity index (χ1n) is 14.3. The third-order valence-electron chi connectivity index (χ3n) is 8.41. The lowest BCUT2D eigenvalue weighted by Crippen LogP contribution is -2.46. The number of rotatable bonds is 5. The van der Waals surface area contributed by atoms with E-state index in [0.29, 0.717) is 31.2 Å². The fourth-order valence-electron chi connectivity index (χ4n) is 6.21. The van der Waals surface area contributed by atoms with Crippen LogP contribution in [0.4, 0.5) is 4.39 Å². The Hall–Kier alpha value is -3.72. The number of amides is 1. The van der Waals surface area contributed by atoms with Gasteiger partial charge in [0.25, 0.3) is 11.5 Å². The van der Waals surface area contributed by atoms with Gasteiger partial charge in [-0.3, -0.25) is 18.7 Å². The number of thioether (sulfide) groups is 1. The lowest BCUT2D eigenvalue weighted by molar-refractivity contribution is 0.0922. The van der Waals surface area contributed by atoms with E-state index in [0.717, 1.165) is 47.2 Å². The third-order valence-corrected chi connectivity index (χ3v) is 9.46. The Bertz CT molecular complexity index is 1700. The fourth-order valence-corrected chi connectivity index (χ4v) is 7.29. The Kier molecular flexibility index (Phi) is 7.79. The third kappa shape index (κ3) is 5.47. The van der Waals surface area contributed by atoms with Gasteiger partial charge in [-0.15, -0.1) is 0 Å². The van der Waals surface area contributed by atoms with Gasteiger partial charge in [-0.1, -0.05) is 48.0 Å². The highest BCUT2D eigenvalue weighted by Crippen LogP contribution is 2.31. The minimum Gasteiger partial charge on any atom is -0.349 e. The molecule has 41 heavy (non-hydrogen) atoms. The number of hydrogen-bond acceptors (Lipinski definition) is 5. The predicted molar refractivity (Wildman–Crippen MR) is 161 cm³/mol. The second-order valence-electron chi connectivity index (χ2n) is 11.1. The standard InChI is InChI=1S/C32H33FN4O3S/c1-20-6-8-21(9-7-20)26-4-2-3-5-27(26)30(38)35-23-10-12-24(13-11-23)37-31(39)28-18-22(33)19-34-29(28)36(32(37)40)25-14-16-41-17-15-25/h2-9,18-19,23-25H,10-17H2,1H3,(H,35,38)/t23-,24+. The number of halogens is 1. The second-order valence-corrected chi connectivity index (χ2v) is 12.3. The molecule has 1 saturated heterocycles. The van der Waals surface area contributed by atoms with Crippen LogP contribution in [0.5, 0.6) is 0 Å². The zero-order valence-corrected chi connectivity index (χ0v) is 23.8. The number of aryl methyl sites for hydroxylation is 1. The monoisotopic (exact) mass is 572 g/mol. The molecule has 2 fully saturated rings. The number of pyridine rings is 1. The molecule has 2 aromatic carbocycles. The van der Waals surface area contributed by atoms with Crippen LogP contribution in [0.15, 0.2) is 70.4 Å². The van der Waals surface area contributed by atoms with E-state index < -0.39 is 11.4 Å². The molecule has 1 amide bonds. The van der Waals surface area contributed by atoms with E-state index in [1.54, 1.807) is 4.57 Å². The number of fused-ring (bicyclic) bond motifs is 1. The minimum atomic E-state index is -0.595. The highest BCUT2D eigenvalue weighted by molar-refractivity contribution is 7.99. The molecule has 1 saturated carbocycles. The van der Waals surface area contributed by atoms with Gasteiger partial charge in [0, 0.05) is 23.7 Å². The van der Waals surface area contributed by atoms with E-state index in [4.69, 9.17) is 0 Å². The summed E-state index contributed by atoms with van der Waals surface area (Å²) in [6.07, 6.45) is 5.08. The van der Waals surface area contributed by atoms with Gasteiger partial charge in [0.15, 0.2) is 0 Å². The number of carbonyl (C=O) groups is 1. The molecule has 2 aliphatic rings. The summed E-state index contributed by atoms with van der Waals surface area (Å²) in [6.45, 7) is 2.03. The highest BCUT2D eigenvalue weighted by atomic mass is 32.2. The van der Waals surface area contributed by atoms with Crippen LogP contribution in [0.3, 0.4) is 0 Å². The van der Waals surface area contributed by atoms with Gasteiger partial charge in [0.2, 0.25) is 0 Å². The van der Waals surface area contributed by atoms with E-state index in [2.05, 4.69) is 10.3 Å². The maximum Gasteiger partial charge on any atom is 0.333 e. The van der Waals surface area contributed by atoms with E-state index in [9.17, 15) is 18.8 Å². The van der Waals surface area contributed by atoms with E-state index in [1.807, 2.05) is 67.2 Å². The molecule has 9 heteroatoms. The van der Waals surface area contributed by atoms with E-state index in [1.165, 1.54) is 10.6 Å². The first-order valence-corrected chi connectivity index (χ1v) is 15.4. The van der Waals surface area contributed by atoms with Crippen molar-refractivity contribution in [2.75, 3.05) is 11.5 Å². The van der Waals surface area contributed by atoms with Crippen LogP contribution in [0.2, 0.25) is 0 Å². The Labute approximate surface area is 241 Å². The molecule has 6 rings (SSSR count). The van der Waals surface area contributed by atoms with Crippen molar-refractivity contribution in [2.45, 2.75) is 63.6 Å². The van der Waals surface area contributed by atoms with E-state index >= 15 is 0 Å². The van der Waals surface area contributed by atoms with Gasteiger partial charge >= 0.3 is 5.69 Å². The molecular formula is C32H33FN4O3S. The molecule has 1 N–H and O–H groups in total. The zero-order chi connectivity index (χ0) is 28.5. The van der Waals surface area contributed by atoms with Crippen molar-refractivity contribution in [3.63, 3.8) is 0 Å². The van der Waals surface area contributed by atoms with Crippen molar-refractivity contribution < 1.29 is 9.18 Å². The van der Waals surface area contributed by atoms with Crippen molar-refractivity contribution in [3.8, 4) is 11.1 Å². The van der Waals surface area contributed by atoms with E-state index in [-0.39, 0.29) is 40.8 Å². The van der Waals surface area contributed by atoms with Crippen molar-refractivity contribution in [3.05, 3.63) is 98.6 Å². The van der Waals surface area contributed by atoms with Crippen molar-refractivity contribution in [1.29, 1.82) is 0 Å². The number of benzene rings is 2. The quantitative estimate of drug-likeness (QED) is 0.334. The van der Waals surface area contributed by atoms with Crippen LogP contribution in [0.1, 0.15) is 66.5 Å². The molecular weight excluding hydrogens is 539 g/mol. The molecule has 1 aliphatic carbocycles. The van der Waals surface area contributed by atoms with Crippen LogP contribution in [0, 0.1) is 12.7 Å². The molecule has 0 bridgehead atoms. The van der Waals surface area contributed by atoms with Gasteiger partial charge in [-0.2, -0.15) is 11.8 Å². The van der Waals surface area contributed by atoms with Gasteiger partial charge in [0.05, 0.1) is 11.6 Å². The molecule has 7 nitrogen and oxygen atoms in total. The summed E-state index contributed by atoms with van der Waals surface area (Å²) in [7, 11) is 0. The van der Waals surface area contributed by atoms with Crippen molar-refractivity contribution in [1.82, 2.24) is 19.4 Å². The molecule has 1 aliphatic heterocycles.